The van der Waals surface area contributed by atoms with Crippen LogP contribution in [0.25, 0.3) is 0 Å². The van der Waals surface area contributed by atoms with Crippen LogP contribution in [0.2, 0.25) is 0 Å². The summed E-state index contributed by atoms with van der Waals surface area (Å²) in [5, 5.41) is 13.9. The number of benzene rings is 2. The minimum atomic E-state index is -0.437. The maximum atomic E-state index is 10.8. The summed E-state index contributed by atoms with van der Waals surface area (Å²) in [5.41, 5.74) is 1.72. The molecule has 0 radical (unpaired) electrons. The van der Waals surface area contributed by atoms with Crippen LogP contribution in [0.15, 0.2) is 42.5 Å². The molecule has 6 nitrogen and oxygen atoms in total. The van der Waals surface area contributed by atoms with Gasteiger partial charge in [0.15, 0.2) is 0 Å². The summed E-state index contributed by atoms with van der Waals surface area (Å²) in [4.78, 5) is 10.4. The maximum Gasteiger partial charge on any atom is 0.271 e. The van der Waals surface area contributed by atoms with Gasteiger partial charge in [0.2, 0.25) is 0 Å². The van der Waals surface area contributed by atoms with E-state index < -0.39 is 4.92 Å². The molecular formula is C16H18N2O4. The third-order valence-electron chi connectivity index (χ3n) is 3.07. The lowest BCUT2D eigenvalue weighted by Crippen LogP contribution is -2.12. The smallest absolute Gasteiger partial charge is 0.271 e. The fourth-order valence-electron chi connectivity index (χ4n) is 2.01. The molecule has 2 aromatic rings. The lowest BCUT2D eigenvalue weighted by molar-refractivity contribution is -0.384. The lowest BCUT2D eigenvalue weighted by Gasteiger charge is -2.12. The molecule has 6 heteroatoms. The van der Waals surface area contributed by atoms with Crippen molar-refractivity contribution in [2.75, 3.05) is 25.6 Å². The number of nitro groups is 1. The minimum absolute atomic E-state index is 0.0166. The number of non-ortho nitro benzene ring substituents is 1. The third kappa shape index (κ3) is 4.12. The van der Waals surface area contributed by atoms with Gasteiger partial charge in [0.25, 0.3) is 5.69 Å². The first-order valence-electron chi connectivity index (χ1n) is 6.86. The molecule has 0 unspecified atom stereocenters. The monoisotopic (exact) mass is 302 g/mol. The predicted molar refractivity (Wildman–Crippen MR) is 84.8 cm³/mol. The Morgan fingerprint density at radius 3 is 2.73 bits per heavy atom. The first-order chi connectivity index (χ1) is 10.6. The van der Waals surface area contributed by atoms with Crippen molar-refractivity contribution in [1.82, 2.24) is 0 Å². The fraction of sp³-hybridized carbons (Fsp3) is 0.250. The van der Waals surface area contributed by atoms with Gasteiger partial charge in [-0.2, -0.15) is 0 Å². The van der Waals surface area contributed by atoms with Crippen LogP contribution in [-0.2, 0) is 0 Å². The van der Waals surface area contributed by atoms with Gasteiger partial charge in [-0.05, 0) is 30.7 Å². The quantitative estimate of drug-likeness (QED) is 0.482. The second kappa shape index (κ2) is 7.31. The van der Waals surface area contributed by atoms with Crippen molar-refractivity contribution in [1.29, 1.82) is 0 Å². The SMILES string of the molecule is COc1ccc([N+](=O)[O-])cc1NCCOc1cccc(C)c1. The summed E-state index contributed by atoms with van der Waals surface area (Å²) in [7, 11) is 1.52. The molecule has 0 aliphatic rings. The van der Waals surface area contributed by atoms with Gasteiger partial charge < -0.3 is 14.8 Å². The number of rotatable bonds is 7. The largest absolute Gasteiger partial charge is 0.495 e. The van der Waals surface area contributed by atoms with Gasteiger partial charge in [0.05, 0.1) is 17.7 Å². The van der Waals surface area contributed by atoms with Gasteiger partial charge in [-0.3, -0.25) is 10.1 Å². The Morgan fingerprint density at radius 1 is 1.23 bits per heavy atom. The van der Waals surface area contributed by atoms with Gasteiger partial charge in [-0.15, -0.1) is 0 Å². The molecule has 0 saturated heterocycles. The van der Waals surface area contributed by atoms with Crippen LogP contribution >= 0.6 is 0 Å². The first-order valence-corrected chi connectivity index (χ1v) is 6.86. The average Bonchev–Trinajstić information content (AvgIpc) is 2.51. The number of ether oxygens (including phenoxy) is 2. The van der Waals surface area contributed by atoms with Crippen molar-refractivity contribution in [3.05, 3.63) is 58.1 Å². The number of anilines is 1. The van der Waals surface area contributed by atoms with Crippen molar-refractivity contribution >= 4 is 11.4 Å². The molecular weight excluding hydrogens is 284 g/mol. The van der Waals surface area contributed by atoms with Crippen LogP contribution in [0.1, 0.15) is 5.56 Å². The molecule has 0 aliphatic heterocycles. The summed E-state index contributed by atoms with van der Waals surface area (Å²) in [5.74, 6) is 1.36. The Hall–Kier alpha value is -2.76. The zero-order valence-electron chi connectivity index (χ0n) is 12.5. The molecule has 0 atom stereocenters. The summed E-state index contributed by atoms with van der Waals surface area (Å²) in [6.07, 6.45) is 0. The summed E-state index contributed by atoms with van der Waals surface area (Å²) < 4.78 is 10.8. The van der Waals surface area contributed by atoms with E-state index in [9.17, 15) is 10.1 Å². The van der Waals surface area contributed by atoms with Crippen LogP contribution in [0.4, 0.5) is 11.4 Å². The molecule has 0 aliphatic carbocycles. The average molecular weight is 302 g/mol. The Balaban J connectivity index is 1.93. The molecule has 0 amide bonds. The highest BCUT2D eigenvalue weighted by Crippen LogP contribution is 2.28. The maximum absolute atomic E-state index is 10.8. The molecule has 2 rings (SSSR count). The Labute approximate surface area is 128 Å². The van der Waals surface area contributed by atoms with Crippen LogP contribution in [0.3, 0.4) is 0 Å². The zero-order chi connectivity index (χ0) is 15.9. The van der Waals surface area contributed by atoms with Crippen molar-refractivity contribution in [2.45, 2.75) is 6.92 Å². The zero-order valence-corrected chi connectivity index (χ0v) is 12.5. The number of aryl methyl sites for hydroxylation is 1. The number of methoxy groups -OCH3 is 1. The molecule has 0 heterocycles. The predicted octanol–water partition coefficient (Wildman–Crippen LogP) is 3.40. The van der Waals surface area contributed by atoms with Crippen molar-refractivity contribution in [3.8, 4) is 11.5 Å². The van der Waals surface area contributed by atoms with Crippen molar-refractivity contribution in [2.24, 2.45) is 0 Å². The third-order valence-corrected chi connectivity index (χ3v) is 3.07. The Morgan fingerprint density at radius 2 is 2.05 bits per heavy atom. The normalized spacial score (nSPS) is 10.1. The molecule has 2 aromatic carbocycles. The topological polar surface area (TPSA) is 73.6 Å². The van der Waals surface area contributed by atoms with Crippen LogP contribution in [-0.4, -0.2) is 25.2 Å². The Bertz CT molecular complexity index is 658. The van der Waals surface area contributed by atoms with Crippen LogP contribution in [0.5, 0.6) is 11.5 Å². The summed E-state index contributed by atoms with van der Waals surface area (Å²) in [6.45, 7) is 2.94. The van der Waals surface area contributed by atoms with Crippen LogP contribution < -0.4 is 14.8 Å². The highest BCUT2D eigenvalue weighted by molar-refractivity contribution is 5.61. The minimum Gasteiger partial charge on any atom is -0.495 e. The molecule has 0 aromatic heterocycles. The highest BCUT2D eigenvalue weighted by Gasteiger charge is 2.10. The van der Waals surface area contributed by atoms with Gasteiger partial charge in [-0.25, -0.2) is 0 Å². The highest BCUT2D eigenvalue weighted by atomic mass is 16.6. The number of hydrogen-bond donors (Lipinski definition) is 1. The van der Waals surface area contributed by atoms with E-state index in [0.29, 0.717) is 24.6 Å². The second-order valence-electron chi connectivity index (χ2n) is 4.73. The van der Waals surface area contributed by atoms with E-state index in [0.717, 1.165) is 11.3 Å². The Kier molecular flexibility index (Phi) is 5.19. The number of nitrogens with zero attached hydrogens (tertiary/aromatic N) is 1. The number of nitrogens with one attached hydrogen (secondary N) is 1. The summed E-state index contributed by atoms with van der Waals surface area (Å²) >= 11 is 0. The van der Waals surface area contributed by atoms with E-state index in [1.165, 1.54) is 19.2 Å². The fourth-order valence-corrected chi connectivity index (χ4v) is 2.01. The molecule has 0 bridgehead atoms. The van der Waals surface area contributed by atoms with Crippen LogP contribution in [0, 0.1) is 17.0 Å². The van der Waals surface area contributed by atoms with Gasteiger partial charge in [0, 0.05) is 18.7 Å². The van der Waals surface area contributed by atoms with Gasteiger partial charge in [-0.1, -0.05) is 12.1 Å². The lowest BCUT2D eigenvalue weighted by atomic mass is 10.2. The van der Waals surface area contributed by atoms with Gasteiger partial charge >= 0.3 is 0 Å². The number of hydrogen-bond acceptors (Lipinski definition) is 5. The van der Waals surface area contributed by atoms with E-state index in [-0.39, 0.29) is 5.69 Å². The van der Waals surface area contributed by atoms with Crippen molar-refractivity contribution < 1.29 is 14.4 Å². The number of nitro benzene ring substituents is 1. The molecule has 116 valence electrons. The molecule has 22 heavy (non-hydrogen) atoms. The molecule has 0 fully saturated rings. The molecule has 1 N–H and O–H groups in total. The van der Waals surface area contributed by atoms with Crippen molar-refractivity contribution in [3.63, 3.8) is 0 Å². The van der Waals surface area contributed by atoms with Gasteiger partial charge in [0.1, 0.15) is 18.1 Å². The second-order valence-corrected chi connectivity index (χ2v) is 4.73. The van der Waals surface area contributed by atoms with E-state index in [4.69, 9.17) is 9.47 Å². The molecule has 0 saturated carbocycles. The first kappa shape index (κ1) is 15.6. The standard InChI is InChI=1S/C16H18N2O4/c1-12-4-3-5-14(10-12)22-9-8-17-15-11-13(18(19)20)6-7-16(15)21-2/h3-7,10-11,17H,8-9H2,1-2H3. The van der Waals surface area contributed by atoms with E-state index >= 15 is 0 Å². The molecule has 0 spiro atoms. The summed E-state index contributed by atoms with van der Waals surface area (Å²) in [6, 6.07) is 12.2. The van der Waals surface area contributed by atoms with E-state index in [2.05, 4.69) is 5.32 Å². The van der Waals surface area contributed by atoms with E-state index in [1.807, 2.05) is 31.2 Å². The van der Waals surface area contributed by atoms with E-state index in [1.54, 1.807) is 6.07 Å².